The quantitative estimate of drug-likeness (QED) is 0.565. The molecule has 2 aromatic rings. The van der Waals surface area contributed by atoms with Crippen LogP contribution in [0.5, 0.6) is 0 Å². The second kappa shape index (κ2) is 7.20. The molecule has 4 rings (SSSR count). The number of carbonyl (C=O) groups excluding carboxylic acids is 1. The van der Waals surface area contributed by atoms with E-state index in [1.165, 1.54) is 6.07 Å². The van der Waals surface area contributed by atoms with Gasteiger partial charge in [-0.25, -0.2) is 28.1 Å². The second-order valence-electron chi connectivity index (χ2n) is 7.27. The zero-order valence-electron chi connectivity index (χ0n) is 15.5. The molecule has 1 aromatic carbocycles. The van der Waals surface area contributed by atoms with E-state index in [9.17, 15) is 31.1 Å². The highest BCUT2D eigenvalue weighted by molar-refractivity contribution is 5.95. The van der Waals surface area contributed by atoms with Gasteiger partial charge in [-0.2, -0.15) is 13.2 Å². The number of hydrogen-bond acceptors (Lipinski definition) is 6. The predicted octanol–water partition coefficient (Wildman–Crippen LogP) is 3.25. The van der Waals surface area contributed by atoms with Gasteiger partial charge in [0, 0.05) is 17.9 Å². The van der Waals surface area contributed by atoms with Crippen molar-refractivity contribution in [2.45, 2.75) is 37.1 Å². The molecule has 2 aliphatic rings. The van der Waals surface area contributed by atoms with E-state index in [0.29, 0.717) is 12.4 Å². The Morgan fingerprint density at radius 2 is 2.00 bits per heavy atom. The molecule has 0 radical (unpaired) electrons. The zero-order valence-corrected chi connectivity index (χ0v) is 15.5. The number of nitrogens with zero attached hydrogens (tertiary/aromatic N) is 3. The van der Waals surface area contributed by atoms with Crippen LogP contribution in [0.1, 0.15) is 33.7 Å². The number of aliphatic imine (C=N–C) groups is 1. The smallest absolute Gasteiger partial charge is 0.434 e. The summed E-state index contributed by atoms with van der Waals surface area (Å²) >= 11 is 0. The van der Waals surface area contributed by atoms with Gasteiger partial charge in [0.15, 0.2) is 17.0 Å². The number of hydrogen-bond donors (Lipinski definition) is 1. The summed E-state index contributed by atoms with van der Waals surface area (Å²) in [6.45, 7) is 0. The molecule has 1 aliphatic heterocycles. The van der Waals surface area contributed by atoms with Gasteiger partial charge in [0.25, 0.3) is 12.4 Å². The molecule has 164 valence electrons. The maximum absolute atomic E-state index is 14.6. The van der Waals surface area contributed by atoms with Gasteiger partial charge in [-0.05, 0) is 24.1 Å². The van der Waals surface area contributed by atoms with Crippen molar-refractivity contribution in [3.8, 4) is 0 Å². The van der Waals surface area contributed by atoms with E-state index in [2.05, 4.69) is 15.0 Å². The van der Waals surface area contributed by atoms with Crippen molar-refractivity contribution >= 4 is 11.8 Å². The zero-order chi connectivity index (χ0) is 22.6. The first-order chi connectivity index (χ1) is 14.5. The van der Waals surface area contributed by atoms with Crippen LogP contribution in [0.2, 0.25) is 0 Å². The Hall–Kier alpha value is -3.18. The molecule has 2 N–H and O–H groups in total. The fourth-order valence-electron chi connectivity index (χ4n) is 3.68. The Balaban J connectivity index is 1.64. The van der Waals surface area contributed by atoms with Gasteiger partial charge in [-0.3, -0.25) is 4.79 Å². The molecule has 0 spiro atoms. The number of aromatic nitrogens is 2. The topological polar surface area (TPSA) is 90.5 Å². The van der Waals surface area contributed by atoms with Gasteiger partial charge in [-0.1, -0.05) is 6.07 Å². The molecule has 6 nitrogen and oxygen atoms in total. The average molecular weight is 444 g/mol. The van der Waals surface area contributed by atoms with E-state index in [1.54, 1.807) is 0 Å². The first-order valence-electron chi connectivity index (χ1n) is 9.04. The maximum Gasteiger partial charge on any atom is 0.434 e. The maximum atomic E-state index is 14.6. The highest BCUT2D eigenvalue weighted by Gasteiger charge is 2.64. The summed E-state index contributed by atoms with van der Waals surface area (Å²) in [7, 11) is 0. The number of carbonyl (C=O) groups is 1. The van der Waals surface area contributed by atoms with Gasteiger partial charge in [0.2, 0.25) is 0 Å². The Labute approximate surface area is 171 Å². The lowest BCUT2D eigenvalue weighted by Crippen LogP contribution is -2.43. The summed E-state index contributed by atoms with van der Waals surface area (Å²) in [5.74, 6) is -2.44. The van der Waals surface area contributed by atoms with Crippen LogP contribution >= 0.6 is 0 Å². The number of nitrogens with two attached hydrogens (primary N) is 1. The highest BCUT2D eigenvalue weighted by atomic mass is 19.4. The average Bonchev–Trinajstić information content (AvgIpc) is 3.47. The third kappa shape index (κ3) is 3.70. The number of alkyl halides is 5. The molecule has 0 unspecified atom stereocenters. The molecule has 3 atom stereocenters. The molecule has 0 saturated heterocycles. The first kappa shape index (κ1) is 21.1. The first-order valence-corrected chi connectivity index (χ1v) is 9.04. The van der Waals surface area contributed by atoms with Gasteiger partial charge in [-0.15, -0.1) is 0 Å². The van der Waals surface area contributed by atoms with Crippen LogP contribution < -0.4 is 5.73 Å². The van der Waals surface area contributed by atoms with Crippen LogP contribution in [0.4, 0.5) is 26.3 Å². The lowest BCUT2D eigenvalue weighted by molar-refractivity contribution is -0.141. The number of benzene rings is 1. The van der Waals surface area contributed by atoms with Crippen LogP contribution in [0.15, 0.2) is 35.6 Å². The van der Waals surface area contributed by atoms with E-state index >= 15 is 0 Å². The number of amidine groups is 1. The van der Waals surface area contributed by atoms with Crippen LogP contribution in [-0.2, 0) is 22.9 Å². The van der Waals surface area contributed by atoms with Crippen LogP contribution in [0.3, 0.4) is 0 Å². The molecule has 1 aliphatic carbocycles. The van der Waals surface area contributed by atoms with Crippen molar-refractivity contribution < 1.29 is 35.9 Å². The van der Waals surface area contributed by atoms with Crippen molar-refractivity contribution in [2.24, 2.45) is 16.6 Å². The predicted molar refractivity (Wildman–Crippen MR) is 93.8 cm³/mol. The molecule has 0 amide bonds. The summed E-state index contributed by atoms with van der Waals surface area (Å²) in [5.41, 5.74) is 1.38. The van der Waals surface area contributed by atoms with Crippen molar-refractivity contribution in [1.82, 2.24) is 9.97 Å². The van der Waals surface area contributed by atoms with Crippen molar-refractivity contribution in [3.63, 3.8) is 0 Å². The number of fused-ring (bicyclic) bond motifs is 1. The van der Waals surface area contributed by atoms with Gasteiger partial charge in [0.1, 0.15) is 17.6 Å². The number of rotatable bonds is 5. The SMILES string of the molecule is NC1=N[C@@](c2cc(CC(=O)c3cnc(C(F)(F)F)cn3)ccc2F)(C(F)F)[C@H]2C[C@H]2O1. The van der Waals surface area contributed by atoms with Crippen LogP contribution in [0.25, 0.3) is 0 Å². The molecule has 1 aromatic heterocycles. The normalized spacial score (nSPS) is 24.9. The molecule has 2 heterocycles. The summed E-state index contributed by atoms with van der Waals surface area (Å²) in [6, 6.07) is 2.76. The van der Waals surface area contributed by atoms with Gasteiger partial charge < -0.3 is 10.5 Å². The summed E-state index contributed by atoms with van der Waals surface area (Å²) in [6.07, 6.45) is -7.51. The monoisotopic (exact) mass is 444 g/mol. The molecular weight excluding hydrogens is 430 g/mol. The minimum atomic E-state index is -4.71. The minimum Gasteiger partial charge on any atom is -0.462 e. The number of ketones is 1. The summed E-state index contributed by atoms with van der Waals surface area (Å²) < 4.78 is 85.7. The van der Waals surface area contributed by atoms with Gasteiger partial charge in [0.05, 0.1) is 12.4 Å². The molecular formula is C19H14F6N4O2. The standard InChI is InChI=1S/C19H14F6N4O2/c20-11-2-1-8(4-13(30)12-6-28-15(7-27-12)19(23,24)25)3-9(11)18(16(21)22)10-5-14(10)31-17(26)29-18/h1-3,6-7,10,14,16H,4-5H2,(H2,26,29)/t10-,14+,18+/m0/s1. The Morgan fingerprint density at radius 1 is 1.26 bits per heavy atom. The van der Waals surface area contributed by atoms with Crippen LogP contribution in [0, 0.1) is 11.7 Å². The Kier molecular flexibility index (Phi) is 4.90. The third-order valence-corrected chi connectivity index (χ3v) is 5.25. The lowest BCUT2D eigenvalue weighted by Gasteiger charge is -2.33. The van der Waals surface area contributed by atoms with E-state index in [4.69, 9.17) is 10.5 Å². The number of ether oxygens (including phenoxy) is 1. The molecule has 1 fully saturated rings. The van der Waals surface area contributed by atoms with Crippen LogP contribution in [-0.4, -0.2) is 34.3 Å². The fourth-order valence-corrected chi connectivity index (χ4v) is 3.68. The van der Waals surface area contributed by atoms with Crippen molar-refractivity contribution in [3.05, 3.63) is 58.9 Å². The van der Waals surface area contributed by atoms with E-state index in [1.807, 2.05) is 0 Å². The lowest BCUT2D eigenvalue weighted by atomic mass is 9.83. The molecule has 31 heavy (non-hydrogen) atoms. The Morgan fingerprint density at radius 3 is 2.61 bits per heavy atom. The molecule has 0 bridgehead atoms. The fraction of sp³-hybridized carbons (Fsp3) is 0.368. The number of Topliss-reactive ketones (excluding diaryl/α,β-unsaturated/α-hetero) is 1. The Bertz CT molecular complexity index is 1060. The minimum absolute atomic E-state index is 0.153. The second-order valence-corrected chi connectivity index (χ2v) is 7.27. The van der Waals surface area contributed by atoms with E-state index < -0.39 is 65.5 Å². The summed E-state index contributed by atoms with van der Waals surface area (Å²) in [4.78, 5) is 22.8. The van der Waals surface area contributed by atoms with Crippen molar-refractivity contribution in [2.75, 3.05) is 0 Å². The van der Waals surface area contributed by atoms with E-state index in [0.717, 1.165) is 12.1 Å². The largest absolute Gasteiger partial charge is 0.462 e. The highest BCUT2D eigenvalue weighted by Crippen LogP contribution is 2.56. The van der Waals surface area contributed by atoms with Crippen molar-refractivity contribution in [1.29, 1.82) is 0 Å². The molecule has 1 saturated carbocycles. The van der Waals surface area contributed by atoms with E-state index in [-0.39, 0.29) is 17.7 Å². The third-order valence-electron chi connectivity index (χ3n) is 5.25. The summed E-state index contributed by atoms with van der Waals surface area (Å²) in [5, 5.41) is 0. The number of halogens is 6. The van der Waals surface area contributed by atoms with Gasteiger partial charge >= 0.3 is 6.18 Å². The molecule has 12 heteroatoms.